The van der Waals surface area contributed by atoms with E-state index in [-0.39, 0.29) is 6.04 Å². The second-order valence-electron chi connectivity index (χ2n) is 4.63. The molecule has 4 rings (SSSR count). The van der Waals surface area contributed by atoms with Crippen molar-refractivity contribution >= 4 is 21.6 Å². The number of thiophene rings is 1. The SMILES string of the molecule is c1cc2ncc(-c3noc([C@@H]4CCCN4)n3)cc2s1. The first kappa shape index (κ1) is 11.1. The molecule has 0 bridgehead atoms. The number of hydrogen-bond donors (Lipinski definition) is 1. The van der Waals surface area contributed by atoms with Crippen LogP contribution in [0.5, 0.6) is 0 Å². The first-order valence-electron chi connectivity index (χ1n) is 6.31. The largest absolute Gasteiger partial charge is 0.337 e. The van der Waals surface area contributed by atoms with Gasteiger partial charge in [0, 0.05) is 11.8 Å². The van der Waals surface area contributed by atoms with Crippen molar-refractivity contribution in [1.29, 1.82) is 0 Å². The van der Waals surface area contributed by atoms with Crippen molar-refractivity contribution in [3.63, 3.8) is 0 Å². The molecule has 19 heavy (non-hydrogen) atoms. The molecular weight excluding hydrogens is 260 g/mol. The van der Waals surface area contributed by atoms with Gasteiger partial charge in [0.25, 0.3) is 0 Å². The van der Waals surface area contributed by atoms with Gasteiger partial charge in [-0.15, -0.1) is 11.3 Å². The molecule has 0 saturated carbocycles. The Morgan fingerprint density at radius 3 is 3.32 bits per heavy atom. The molecule has 1 saturated heterocycles. The van der Waals surface area contributed by atoms with E-state index < -0.39 is 0 Å². The lowest BCUT2D eigenvalue weighted by Crippen LogP contribution is -2.12. The van der Waals surface area contributed by atoms with Gasteiger partial charge in [0.15, 0.2) is 0 Å². The third-order valence-electron chi connectivity index (χ3n) is 3.36. The molecule has 3 aromatic rings. The molecule has 0 amide bonds. The second-order valence-corrected chi connectivity index (χ2v) is 5.58. The molecule has 1 fully saturated rings. The highest BCUT2D eigenvalue weighted by Gasteiger charge is 2.22. The molecule has 0 aliphatic carbocycles. The van der Waals surface area contributed by atoms with E-state index in [9.17, 15) is 0 Å². The van der Waals surface area contributed by atoms with E-state index in [1.54, 1.807) is 17.5 Å². The Balaban J connectivity index is 1.70. The minimum Gasteiger partial charge on any atom is -0.337 e. The Morgan fingerprint density at radius 1 is 1.42 bits per heavy atom. The number of nitrogens with zero attached hydrogens (tertiary/aromatic N) is 3. The van der Waals surface area contributed by atoms with Crippen molar-refractivity contribution in [3.05, 3.63) is 29.6 Å². The number of rotatable bonds is 2. The summed E-state index contributed by atoms with van der Waals surface area (Å²) in [6.45, 7) is 1.02. The van der Waals surface area contributed by atoms with Gasteiger partial charge >= 0.3 is 0 Å². The van der Waals surface area contributed by atoms with E-state index in [0.717, 1.165) is 35.2 Å². The highest BCUT2D eigenvalue weighted by atomic mass is 32.1. The molecule has 3 aromatic heterocycles. The van der Waals surface area contributed by atoms with Gasteiger partial charge in [-0.3, -0.25) is 4.98 Å². The average Bonchev–Trinajstić information content (AvgIpc) is 3.18. The smallest absolute Gasteiger partial charge is 0.244 e. The van der Waals surface area contributed by atoms with Crippen molar-refractivity contribution in [1.82, 2.24) is 20.4 Å². The van der Waals surface area contributed by atoms with Gasteiger partial charge in [0.05, 0.1) is 16.3 Å². The zero-order chi connectivity index (χ0) is 12.7. The lowest BCUT2D eigenvalue weighted by molar-refractivity contribution is 0.345. The quantitative estimate of drug-likeness (QED) is 0.777. The molecule has 0 aromatic carbocycles. The second kappa shape index (κ2) is 4.40. The van der Waals surface area contributed by atoms with E-state index in [1.807, 2.05) is 11.4 Å². The number of pyridine rings is 1. The van der Waals surface area contributed by atoms with Gasteiger partial charge in [0.2, 0.25) is 11.7 Å². The van der Waals surface area contributed by atoms with Crippen molar-refractivity contribution in [3.8, 4) is 11.4 Å². The Hall–Kier alpha value is -1.79. The highest BCUT2D eigenvalue weighted by molar-refractivity contribution is 7.17. The summed E-state index contributed by atoms with van der Waals surface area (Å²) >= 11 is 1.67. The Labute approximate surface area is 113 Å². The molecule has 0 spiro atoms. The highest BCUT2D eigenvalue weighted by Crippen LogP contribution is 2.26. The van der Waals surface area contributed by atoms with Crippen molar-refractivity contribution < 1.29 is 4.52 Å². The van der Waals surface area contributed by atoms with E-state index >= 15 is 0 Å². The van der Waals surface area contributed by atoms with Crippen LogP contribution in [-0.2, 0) is 0 Å². The number of aromatic nitrogens is 3. The fourth-order valence-electron chi connectivity index (χ4n) is 2.36. The predicted octanol–water partition coefficient (Wildman–Crippen LogP) is 2.77. The first-order chi connectivity index (χ1) is 9.40. The molecule has 4 heterocycles. The van der Waals surface area contributed by atoms with Crippen LogP contribution in [-0.4, -0.2) is 21.7 Å². The molecule has 96 valence electrons. The summed E-state index contributed by atoms with van der Waals surface area (Å²) in [6.07, 6.45) is 4.01. The normalized spacial score (nSPS) is 19.3. The van der Waals surface area contributed by atoms with Crippen LogP contribution >= 0.6 is 11.3 Å². The molecule has 1 aliphatic rings. The van der Waals surface area contributed by atoms with Crippen LogP contribution < -0.4 is 5.32 Å². The van der Waals surface area contributed by atoms with E-state index in [0.29, 0.717) is 11.7 Å². The summed E-state index contributed by atoms with van der Waals surface area (Å²) in [4.78, 5) is 8.88. The van der Waals surface area contributed by atoms with Crippen molar-refractivity contribution in [2.45, 2.75) is 18.9 Å². The van der Waals surface area contributed by atoms with E-state index in [2.05, 4.69) is 26.5 Å². The number of fused-ring (bicyclic) bond motifs is 1. The van der Waals surface area contributed by atoms with Gasteiger partial charge in [-0.05, 0) is 36.9 Å². The van der Waals surface area contributed by atoms with Gasteiger partial charge in [-0.2, -0.15) is 4.98 Å². The Bertz CT molecular complexity index is 714. The van der Waals surface area contributed by atoms with Crippen LogP contribution in [0.2, 0.25) is 0 Å². The number of hydrogen-bond acceptors (Lipinski definition) is 6. The maximum atomic E-state index is 5.35. The maximum absolute atomic E-state index is 5.35. The third-order valence-corrected chi connectivity index (χ3v) is 4.21. The summed E-state index contributed by atoms with van der Waals surface area (Å²) in [5.74, 6) is 1.30. The van der Waals surface area contributed by atoms with Gasteiger partial charge < -0.3 is 9.84 Å². The van der Waals surface area contributed by atoms with Gasteiger partial charge in [-0.1, -0.05) is 5.16 Å². The summed E-state index contributed by atoms with van der Waals surface area (Å²) in [5, 5.41) is 9.45. The lowest BCUT2D eigenvalue weighted by atomic mass is 10.2. The van der Waals surface area contributed by atoms with Crippen LogP contribution in [0.4, 0.5) is 0 Å². The number of nitrogens with one attached hydrogen (secondary N) is 1. The summed E-state index contributed by atoms with van der Waals surface area (Å²) < 4.78 is 6.49. The van der Waals surface area contributed by atoms with E-state index in [1.165, 1.54) is 0 Å². The predicted molar refractivity (Wildman–Crippen MR) is 72.9 cm³/mol. The maximum Gasteiger partial charge on any atom is 0.244 e. The molecule has 0 unspecified atom stereocenters. The fourth-order valence-corrected chi connectivity index (χ4v) is 3.14. The Morgan fingerprint density at radius 2 is 2.42 bits per heavy atom. The van der Waals surface area contributed by atoms with Crippen LogP contribution in [0.25, 0.3) is 21.6 Å². The molecule has 1 aliphatic heterocycles. The molecule has 5 nitrogen and oxygen atoms in total. The zero-order valence-electron chi connectivity index (χ0n) is 10.2. The Kier molecular flexibility index (Phi) is 2.56. The monoisotopic (exact) mass is 272 g/mol. The summed E-state index contributed by atoms with van der Waals surface area (Å²) in [6, 6.07) is 4.28. The minimum atomic E-state index is 0.208. The average molecular weight is 272 g/mol. The lowest BCUT2D eigenvalue weighted by Gasteiger charge is -2.01. The standard InChI is InChI=1S/C13H12N4OS/c1-2-10(14-4-1)13-16-12(17-18-13)8-6-11-9(15-7-8)3-5-19-11/h3,5-7,10,14H,1-2,4H2/t10-/m0/s1. The first-order valence-corrected chi connectivity index (χ1v) is 7.19. The minimum absolute atomic E-state index is 0.208. The van der Waals surface area contributed by atoms with Crippen molar-refractivity contribution in [2.75, 3.05) is 6.54 Å². The summed E-state index contributed by atoms with van der Waals surface area (Å²) in [5.41, 5.74) is 1.91. The fraction of sp³-hybridized carbons (Fsp3) is 0.308. The molecule has 6 heteroatoms. The van der Waals surface area contributed by atoms with Gasteiger partial charge in [0.1, 0.15) is 0 Å². The summed E-state index contributed by atoms with van der Waals surface area (Å²) in [7, 11) is 0. The van der Waals surface area contributed by atoms with Crippen LogP contribution in [0.15, 0.2) is 28.2 Å². The molecule has 0 radical (unpaired) electrons. The zero-order valence-corrected chi connectivity index (χ0v) is 11.0. The van der Waals surface area contributed by atoms with Crippen LogP contribution in [0.1, 0.15) is 24.8 Å². The van der Waals surface area contributed by atoms with Crippen LogP contribution in [0, 0.1) is 0 Å². The van der Waals surface area contributed by atoms with Crippen molar-refractivity contribution in [2.24, 2.45) is 0 Å². The van der Waals surface area contributed by atoms with Crippen LogP contribution in [0.3, 0.4) is 0 Å². The molecule has 1 atom stereocenters. The molecular formula is C13H12N4OS. The molecule has 1 N–H and O–H groups in total. The topological polar surface area (TPSA) is 63.8 Å². The van der Waals surface area contributed by atoms with E-state index in [4.69, 9.17) is 4.52 Å². The third kappa shape index (κ3) is 1.93. The van der Waals surface area contributed by atoms with Gasteiger partial charge in [-0.25, -0.2) is 0 Å².